The lowest BCUT2D eigenvalue weighted by atomic mass is 10.3. The highest BCUT2D eigenvalue weighted by molar-refractivity contribution is 6.39. The van der Waals surface area contributed by atoms with Gasteiger partial charge in [0.25, 0.3) is 0 Å². The number of nitrogens with one attached hydrogen (secondary N) is 2. The van der Waals surface area contributed by atoms with Gasteiger partial charge in [0.1, 0.15) is 5.75 Å². The van der Waals surface area contributed by atoms with Crippen LogP contribution >= 0.6 is 0 Å². The van der Waals surface area contributed by atoms with Gasteiger partial charge in [-0.15, -0.1) is 0 Å². The lowest BCUT2D eigenvalue weighted by Gasteiger charge is -2.06. The molecule has 0 bridgehead atoms. The normalized spacial score (nSPS) is 9.80. The molecule has 0 aliphatic rings. The van der Waals surface area contributed by atoms with Crippen LogP contribution in [0, 0.1) is 0 Å². The maximum Gasteiger partial charge on any atom is 0.313 e. The molecule has 1 aromatic heterocycles. The van der Waals surface area contributed by atoms with Gasteiger partial charge in [0.2, 0.25) is 0 Å². The van der Waals surface area contributed by atoms with Gasteiger partial charge >= 0.3 is 11.8 Å². The van der Waals surface area contributed by atoms with Crippen molar-refractivity contribution in [2.75, 3.05) is 5.32 Å². The van der Waals surface area contributed by atoms with E-state index in [1.807, 2.05) is 0 Å². The molecule has 0 unspecified atom stereocenters. The molecule has 2 rings (SSSR count). The zero-order valence-corrected chi connectivity index (χ0v) is 10.5. The number of rotatable bonds is 3. The third-order valence-corrected chi connectivity index (χ3v) is 2.49. The number of aromatic nitrogens is 1. The first-order chi connectivity index (χ1) is 9.65. The number of benzene rings is 1. The van der Waals surface area contributed by atoms with E-state index in [0.717, 1.165) is 5.56 Å². The number of hydrogen-bond acceptors (Lipinski definition) is 4. The standard InChI is InChI=1S/C14H13N3O3/c18-12-5-1-4-11(7-12)17-14(20)13(19)16-9-10-3-2-6-15-8-10/h1-8,18H,9H2,(H,16,19)(H,17,20). The molecule has 3 N–H and O–H groups in total. The number of hydrogen-bond donors (Lipinski definition) is 3. The molecular weight excluding hydrogens is 258 g/mol. The average molecular weight is 271 g/mol. The Kier molecular flexibility index (Phi) is 4.28. The summed E-state index contributed by atoms with van der Waals surface area (Å²) in [6.07, 6.45) is 3.23. The summed E-state index contributed by atoms with van der Waals surface area (Å²) < 4.78 is 0. The van der Waals surface area contributed by atoms with Gasteiger partial charge in [-0.2, -0.15) is 0 Å². The largest absolute Gasteiger partial charge is 0.508 e. The van der Waals surface area contributed by atoms with Crippen LogP contribution in [-0.4, -0.2) is 21.9 Å². The first-order valence-corrected chi connectivity index (χ1v) is 5.92. The quantitative estimate of drug-likeness (QED) is 0.727. The second-order valence-corrected chi connectivity index (χ2v) is 4.05. The molecule has 0 saturated carbocycles. The van der Waals surface area contributed by atoms with Gasteiger partial charge in [0.05, 0.1) is 0 Å². The number of phenolic OH excluding ortho intramolecular Hbond substituents is 1. The number of amides is 2. The first kappa shape index (κ1) is 13.5. The number of phenols is 1. The Balaban J connectivity index is 1.88. The van der Waals surface area contributed by atoms with Crippen LogP contribution in [0.4, 0.5) is 5.69 Å². The Hall–Kier alpha value is -2.89. The Morgan fingerprint density at radius 1 is 1.15 bits per heavy atom. The highest BCUT2D eigenvalue weighted by atomic mass is 16.3. The topological polar surface area (TPSA) is 91.3 Å². The number of pyridine rings is 1. The molecule has 6 heteroatoms. The van der Waals surface area contributed by atoms with Gasteiger partial charge in [-0.1, -0.05) is 12.1 Å². The minimum Gasteiger partial charge on any atom is -0.508 e. The van der Waals surface area contributed by atoms with E-state index in [1.54, 1.807) is 36.7 Å². The molecule has 2 amide bonds. The van der Waals surface area contributed by atoms with E-state index in [0.29, 0.717) is 5.69 Å². The molecule has 2 aromatic rings. The molecule has 1 aromatic carbocycles. The van der Waals surface area contributed by atoms with Crippen LogP contribution < -0.4 is 10.6 Å². The van der Waals surface area contributed by atoms with Crippen molar-refractivity contribution in [3.8, 4) is 5.75 Å². The van der Waals surface area contributed by atoms with Gasteiger partial charge in [-0.3, -0.25) is 14.6 Å². The third-order valence-electron chi connectivity index (χ3n) is 2.49. The van der Waals surface area contributed by atoms with Gasteiger partial charge < -0.3 is 15.7 Å². The van der Waals surface area contributed by atoms with Crippen molar-refractivity contribution >= 4 is 17.5 Å². The predicted octanol–water partition coefficient (Wildman–Crippen LogP) is 1.04. The Morgan fingerprint density at radius 3 is 2.70 bits per heavy atom. The lowest BCUT2D eigenvalue weighted by molar-refractivity contribution is -0.136. The first-order valence-electron chi connectivity index (χ1n) is 5.92. The molecule has 0 spiro atoms. The molecule has 1 heterocycles. The van der Waals surface area contributed by atoms with Crippen LogP contribution in [0.5, 0.6) is 5.75 Å². The molecule has 102 valence electrons. The second-order valence-electron chi connectivity index (χ2n) is 4.05. The van der Waals surface area contributed by atoms with Gasteiger partial charge in [-0.25, -0.2) is 0 Å². The highest BCUT2D eigenvalue weighted by Crippen LogP contribution is 2.14. The van der Waals surface area contributed by atoms with Gasteiger partial charge in [-0.05, 0) is 23.8 Å². The molecule has 0 saturated heterocycles. The van der Waals surface area contributed by atoms with Crippen molar-refractivity contribution in [2.24, 2.45) is 0 Å². The zero-order valence-electron chi connectivity index (χ0n) is 10.5. The fraction of sp³-hybridized carbons (Fsp3) is 0.0714. The molecular formula is C14H13N3O3. The molecule has 0 aliphatic heterocycles. The zero-order chi connectivity index (χ0) is 14.4. The van der Waals surface area contributed by atoms with Crippen molar-refractivity contribution in [1.29, 1.82) is 0 Å². The summed E-state index contributed by atoms with van der Waals surface area (Å²) in [6, 6.07) is 9.50. The maximum absolute atomic E-state index is 11.6. The minimum atomic E-state index is -0.792. The number of nitrogens with zero attached hydrogens (tertiary/aromatic N) is 1. The van der Waals surface area contributed by atoms with Gasteiger partial charge in [0.15, 0.2) is 0 Å². The van der Waals surface area contributed by atoms with E-state index in [-0.39, 0.29) is 12.3 Å². The summed E-state index contributed by atoms with van der Waals surface area (Å²) in [5.74, 6) is -1.53. The van der Waals surface area contributed by atoms with Crippen molar-refractivity contribution in [2.45, 2.75) is 6.54 Å². The van der Waals surface area contributed by atoms with Gasteiger partial charge in [0, 0.05) is 30.7 Å². The highest BCUT2D eigenvalue weighted by Gasteiger charge is 2.13. The summed E-state index contributed by atoms with van der Waals surface area (Å²) in [5.41, 5.74) is 1.15. The smallest absolute Gasteiger partial charge is 0.313 e. The fourth-order valence-electron chi connectivity index (χ4n) is 1.54. The van der Waals surface area contributed by atoms with Crippen LogP contribution in [0.15, 0.2) is 48.8 Å². The number of carbonyl (C=O) groups excluding carboxylic acids is 2. The Labute approximate surface area is 115 Å². The Bertz CT molecular complexity index is 614. The van der Waals surface area contributed by atoms with E-state index < -0.39 is 11.8 Å². The molecule has 0 fully saturated rings. The number of carbonyl (C=O) groups is 2. The molecule has 20 heavy (non-hydrogen) atoms. The summed E-state index contributed by atoms with van der Waals surface area (Å²) in [5, 5.41) is 14.1. The second kappa shape index (κ2) is 6.33. The van der Waals surface area contributed by atoms with Crippen LogP contribution in [0.3, 0.4) is 0 Å². The average Bonchev–Trinajstić information content (AvgIpc) is 2.46. The summed E-state index contributed by atoms with van der Waals surface area (Å²) in [7, 11) is 0. The van der Waals surface area contributed by atoms with Crippen LogP contribution in [-0.2, 0) is 16.1 Å². The summed E-state index contributed by atoms with van der Waals surface area (Å²) in [6.45, 7) is 0.222. The Morgan fingerprint density at radius 2 is 2.00 bits per heavy atom. The lowest BCUT2D eigenvalue weighted by Crippen LogP contribution is -2.34. The molecule has 6 nitrogen and oxygen atoms in total. The van der Waals surface area contributed by atoms with E-state index in [2.05, 4.69) is 15.6 Å². The third kappa shape index (κ3) is 3.81. The predicted molar refractivity (Wildman–Crippen MR) is 72.8 cm³/mol. The summed E-state index contributed by atoms with van der Waals surface area (Å²) >= 11 is 0. The molecule has 0 radical (unpaired) electrons. The van der Waals surface area contributed by atoms with Crippen LogP contribution in [0.25, 0.3) is 0 Å². The molecule has 0 aliphatic carbocycles. The van der Waals surface area contributed by atoms with E-state index in [1.165, 1.54) is 12.1 Å². The molecule has 0 atom stereocenters. The van der Waals surface area contributed by atoms with Crippen molar-refractivity contribution in [3.05, 3.63) is 54.4 Å². The van der Waals surface area contributed by atoms with Crippen LogP contribution in [0.1, 0.15) is 5.56 Å². The summed E-state index contributed by atoms with van der Waals surface area (Å²) in [4.78, 5) is 27.1. The SMILES string of the molecule is O=C(NCc1cccnc1)C(=O)Nc1cccc(O)c1. The van der Waals surface area contributed by atoms with E-state index in [9.17, 15) is 14.7 Å². The van der Waals surface area contributed by atoms with E-state index >= 15 is 0 Å². The number of aromatic hydroxyl groups is 1. The van der Waals surface area contributed by atoms with E-state index in [4.69, 9.17) is 0 Å². The maximum atomic E-state index is 11.6. The van der Waals surface area contributed by atoms with Crippen molar-refractivity contribution in [3.63, 3.8) is 0 Å². The fourth-order valence-corrected chi connectivity index (χ4v) is 1.54. The monoisotopic (exact) mass is 271 g/mol. The number of anilines is 1. The van der Waals surface area contributed by atoms with Crippen molar-refractivity contribution < 1.29 is 14.7 Å². The minimum absolute atomic E-state index is 0.0126. The van der Waals surface area contributed by atoms with Crippen LogP contribution in [0.2, 0.25) is 0 Å². The van der Waals surface area contributed by atoms with Crippen molar-refractivity contribution in [1.82, 2.24) is 10.3 Å².